The zero-order valence-electron chi connectivity index (χ0n) is 14.8. The van der Waals surface area contributed by atoms with Crippen LogP contribution in [0.4, 0.5) is 0 Å². The van der Waals surface area contributed by atoms with Crippen LogP contribution in [-0.4, -0.2) is 57.7 Å². The Morgan fingerprint density at radius 3 is 2.46 bits per heavy atom. The highest BCUT2D eigenvalue weighted by molar-refractivity contribution is 7.91. The molecule has 0 bridgehead atoms. The molecule has 0 aliphatic carbocycles. The van der Waals surface area contributed by atoms with E-state index in [1.165, 1.54) is 12.1 Å². The number of carbonyl (C=O) groups excluding carboxylic acids is 2. The fraction of sp³-hybridized carbons (Fsp3) is 0.529. The molecule has 1 fully saturated rings. The maximum atomic E-state index is 12.1. The van der Waals surface area contributed by atoms with Crippen molar-refractivity contribution >= 4 is 21.7 Å². The molecule has 8 nitrogen and oxygen atoms in total. The van der Waals surface area contributed by atoms with E-state index in [9.17, 15) is 18.0 Å². The Morgan fingerprint density at radius 2 is 1.85 bits per heavy atom. The first-order chi connectivity index (χ1) is 12.3. The molecule has 2 rings (SSSR count). The molecule has 1 aromatic rings. The third-order valence-corrected chi connectivity index (χ3v) is 5.48. The Balaban J connectivity index is 1.90. The number of sulfone groups is 1. The zero-order valence-corrected chi connectivity index (χ0v) is 15.6. The van der Waals surface area contributed by atoms with Crippen LogP contribution in [0.25, 0.3) is 0 Å². The number of carbonyl (C=O) groups is 2. The summed E-state index contributed by atoms with van der Waals surface area (Å²) in [5.41, 5.74) is 0.230. The topological polar surface area (TPSA) is 108 Å². The van der Waals surface area contributed by atoms with E-state index in [2.05, 4.69) is 5.32 Å². The second-order valence-electron chi connectivity index (χ2n) is 5.77. The van der Waals surface area contributed by atoms with Gasteiger partial charge in [0.25, 0.3) is 5.91 Å². The summed E-state index contributed by atoms with van der Waals surface area (Å²) in [6.07, 6.45) is 0.374. The van der Waals surface area contributed by atoms with Gasteiger partial charge in [0.1, 0.15) is 0 Å². The highest BCUT2D eigenvalue weighted by atomic mass is 32.2. The predicted octanol–water partition coefficient (Wildman–Crippen LogP) is 0.944. The van der Waals surface area contributed by atoms with Crippen molar-refractivity contribution < 1.29 is 32.2 Å². The predicted molar refractivity (Wildman–Crippen MR) is 94.3 cm³/mol. The normalized spacial score (nSPS) is 18.2. The fourth-order valence-electron chi connectivity index (χ4n) is 2.57. The molecular weight excluding hydrogens is 362 g/mol. The van der Waals surface area contributed by atoms with Crippen LogP contribution in [0.2, 0.25) is 0 Å². The van der Waals surface area contributed by atoms with Crippen LogP contribution in [0.3, 0.4) is 0 Å². The standard InChI is InChI=1S/C17H23NO7S/c1-3-23-14-6-5-12(9-15(14)24-4-2)17(20)25-10-16(19)18-13-7-8-26(21,22)11-13/h5-6,9,13H,3-4,7-8,10-11H2,1-2H3,(H,18,19)/t13-/m0/s1. The number of hydrogen-bond donors (Lipinski definition) is 1. The van der Waals surface area contributed by atoms with Gasteiger partial charge in [-0.3, -0.25) is 4.79 Å². The molecule has 1 aliphatic heterocycles. The molecule has 1 N–H and O–H groups in total. The van der Waals surface area contributed by atoms with Crippen molar-refractivity contribution in [2.24, 2.45) is 0 Å². The number of nitrogens with one attached hydrogen (secondary N) is 1. The number of esters is 1. The second-order valence-corrected chi connectivity index (χ2v) is 8.00. The van der Waals surface area contributed by atoms with Crippen molar-refractivity contribution in [3.05, 3.63) is 23.8 Å². The number of benzene rings is 1. The molecule has 9 heteroatoms. The van der Waals surface area contributed by atoms with Gasteiger partial charge in [0.2, 0.25) is 0 Å². The molecule has 1 saturated heterocycles. The van der Waals surface area contributed by atoms with Crippen LogP contribution >= 0.6 is 0 Å². The molecule has 1 aromatic carbocycles. The summed E-state index contributed by atoms with van der Waals surface area (Å²) in [6.45, 7) is 4.04. The van der Waals surface area contributed by atoms with Gasteiger partial charge in [0.05, 0.1) is 30.3 Å². The monoisotopic (exact) mass is 385 g/mol. The minimum absolute atomic E-state index is 0.0596. The summed E-state index contributed by atoms with van der Waals surface area (Å²) in [6, 6.07) is 4.20. The Labute approximate surface area is 152 Å². The van der Waals surface area contributed by atoms with E-state index in [1.807, 2.05) is 13.8 Å². The number of ether oxygens (including phenoxy) is 3. The van der Waals surface area contributed by atoms with Crippen molar-refractivity contribution in [2.75, 3.05) is 31.3 Å². The van der Waals surface area contributed by atoms with Crippen LogP contribution in [0, 0.1) is 0 Å². The highest BCUT2D eigenvalue weighted by Crippen LogP contribution is 2.28. The van der Waals surface area contributed by atoms with Gasteiger partial charge >= 0.3 is 5.97 Å². The third kappa shape index (κ3) is 5.62. The van der Waals surface area contributed by atoms with Crippen molar-refractivity contribution in [3.63, 3.8) is 0 Å². The summed E-state index contributed by atoms with van der Waals surface area (Å²) in [5.74, 6) is -0.289. The summed E-state index contributed by atoms with van der Waals surface area (Å²) in [5, 5.41) is 2.56. The highest BCUT2D eigenvalue weighted by Gasteiger charge is 2.29. The molecule has 144 valence electrons. The molecule has 1 atom stereocenters. The SMILES string of the molecule is CCOc1ccc(C(=O)OCC(=O)N[C@H]2CCS(=O)(=O)C2)cc1OCC. The molecule has 0 aromatic heterocycles. The van der Waals surface area contributed by atoms with E-state index in [0.717, 1.165) is 0 Å². The minimum atomic E-state index is -3.08. The van der Waals surface area contributed by atoms with Crippen molar-refractivity contribution in [1.29, 1.82) is 0 Å². The lowest BCUT2D eigenvalue weighted by Gasteiger charge is -2.13. The van der Waals surface area contributed by atoms with E-state index < -0.39 is 34.4 Å². The van der Waals surface area contributed by atoms with E-state index in [0.29, 0.717) is 31.1 Å². The first-order valence-electron chi connectivity index (χ1n) is 8.41. The maximum absolute atomic E-state index is 12.1. The Bertz CT molecular complexity index is 760. The van der Waals surface area contributed by atoms with Crippen molar-refractivity contribution in [3.8, 4) is 11.5 Å². The smallest absolute Gasteiger partial charge is 0.338 e. The van der Waals surface area contributed by atoms with Crippen LogP contribution in [0.5, 0.6) is 11.5 Å². The van der Waals surface area contributed by atoms with E-state index >= 15 is 0 Å². The third-order valence-electron chi connectivity index (χ3n) is 3.71. The lowest BCUT2D eigenvalue weighted by atomic mass is 10.2. The zero-order chi connectivity index (χ0) is 19.2. The van der Waals surface area contributed by atoms with Gasteiger partial charge in [-0.25, -0.2) is 13.2 Å². The lowest BCUT2D eigenvalue weighted by Crippen LogP contribution is -2.38. The number of rotatable bonds is 8. The fourth-order valence-corrected chi connectivity index (χ4v) is 4.24. The number of hydrogen-bond acceptors (Lipinski definition) is 7. The molecule has 1 amide bonds. The van der Waals surface area contributed by atoms with E-state index in [4.69, 9.17) is 14.2 Å². The maximum Gasteiger partial charge on any atom is 0.338 e. The summed E-state index contributed by atoms with van der Waals surface area (Å²) >= 11 is 0. The molecule has 1 heterocycles. The number of amides is 1. The van der Waals surface area contributed by atoms with Crippen LogP contribution in [0.15, 0.2) is 18.2 Å². The summed E-state index contributed by atoms with van der Waals surface area (Å²) in [7, 11) is -3.08. The molecular formula is C17H23NO7S. The van der Waals surface area contributed by atoms with Gasteiger partial charge in [0, 0.05) is 6.04 Å². The minimum Gasteiger partial charge on any atom is -0.490 e. The Morgan fingerprint density at radius 1 is 1.15 bits per heavy atom. The van der Waals surface area contributed by atoms with Crippen LogP contribution in [0.1, 0.15) is 30.6 Å². The van der Waals surface area contributed by atoms with Gasteiger partial charge < -0.3 is 19.5 Å². The average Bonchev–Trinajstić information content (AvgIpc) is 2.93. The molecule has 0 unspecified atom stereocenters. The van der Waals surface area contributed by atoms with Crippen LogP contribution in [-0.2, 0) is 19.4 Å². The lowest BCUT2D eigenvalue weighted by molar-refractivity contribution is -0.124. The van der Waals surface area contributed by atoms with Gasteiger partial charge in [-0.15, -0.1) is 0 Å². The van der Waals surface area contributed by atoms with E-state index in [-0.39, 0.29) is 17.1 Å². The molecule has 0 saturated carbocycles. The van der Waals surface area contributed by atoms with Gasteiger partial charge in [0.15, 0.2) is 27.9 Å². The Kier molecular flexibility index (Phi) is 6.84. The quantitative estimate of drug-likeness (QED) is 0.664. The Hall–Kier alpha value is -2.29. The van der Waals surface area contributed by atoms with Gasteiger partial charge in [-0.1, -0.05) is 0 Å². The average molecular weight is 385 g/mol. The molecule has 26 heavy (non-hydrogen) atoms. The summed E-state index contributed by atoms with van der Waals surface area (Å²) < 4.78 is 38.6. The van der Waals surface area contributed by atoms with Gasteiger partial charge in [-0.2, -0.15) is 0 Å². The molecule has 0 radical (unpaired) electrons. The first-order valence-corrected chi connectivity index (χ1v) is 10.2. The summed E-state index contributed by atoms with van der Waals surface area (Å²) in [4.78, 5) is 23.9. The van der Waals surface area contributed by atoms with Crippen molar-refractivity contribution in [2.45, 2.75) is 26.3 Å². The van der Waals surface area contributed by atoms with Crippen molar-refractivity contribution in [1.82, 2.24) is 5.32 Å². The largest absolute Gasteiger partial charge is 0.490 e. The van der Waals surface area contributed by atoms with E-state index in [1.54, 1.807) is 6.07 Å². The molecule has 1 aliphatic rings. The second kappa shape index (κ2) is 8.88. The first kappa shape index (κ1) is 20.0. The molecule has 0 spiro atoms. The van der Waals surface area contributed by atoms with Gasteiger partial charge in [-0.05, 0) is 38.5 Å². The van der Waals surface area contributed by atoms with Crippen LogP contribution < -0.4 is 14.8 Å².